The Hall–Kier alpha value is -3.91. The lowest BCUT2D eigenvalue weighted by Crippen LogP contribution is -2.39. The Bertz CT molecular complexity index is 1330. The molecule has 11 heteroatoms. The summed E-state index contributed by atoms with van der Waals surface area (Å²) in [6, 6.07) is 8.14. The second kappa shape index (κ2) is 20.5. The molecule has 0 bridgehead atoms. The van der Waals surface area contributed by atoms with Crippen LogP contribution in [0.3, 0.4) is 0 Å². The molecule has 11 nitrogen and oxygen atoms in total. The van der Waals surface area contributed by atoms with Gasteiger partial charge in [-0.05, 0) is 55.4 Å². The van der Waals surface area contributed by atoms with Gasteiger partial charge in [0, 0.05) is 16.9 Å². The number of hydrogen-bond donors (Lipinski definition) is 1. The van der Waals surface area contributed by atoms with E-state index >= 15 is 0 Å². The van der Waals surface area contributed by atoms with Gasteiger partial charge in [-0.2, -0.15) is 5.26 Å². The number of aliphatic hydroxyl groups is 1. The number of benzene rings is 2. The number of nitriles is 1. The number of methoxy groups -OCH3 is 4. The quantitative estimate of drug-likeness (QED) is 0.0670. The first-order valence-electron chi connectivity index (χ1n) is 17.1. The van der Waals surface area contributed by atoms with Gasteiger partial charge < -0.3 is 33.5 Å². The first-order valence-corrected chi connectivity index (χ1v) is 17.1. The van der Waals surface area contributed by atoms with Crippen LogP contribution in [0.4, 0.5) is 0 Å². The molecule has 48 heavy (non-hydrogen) atoms. The zero-order chi connectivity index (χ0) is 35.7. The van der Waals surface area contributed by atoms with Gasteiger partial charge in [-0.15, -0.1) is 0 Å². The van der Waals surface area contributed by atoms with Crippen molar-refractivity contribution in [3.63, 3.8) is 0 Å². The van der Waals surface area contributed by atoms with E-state index in [-0.39, 0.29) is 25.2 Å². The second-order valence-electron chi connectivity index (χ2n) is 12.2. The Morgan fingerprint density at radius 1 is 0.854 bits per heavy atom. The van der Waals surface area contributed by atoms with Crippen molar-refractivity contribution in [3.05, 3.63) is 45.5 Å². The molecule has 0 aliphatic heterocycles. The maximum Gasteiger partial charge on any atom is 0.242 e. The fourth-order valence-corrected chi connectivity index (χ4v) is 6.01. The Kier molecular flexibility index (Phi) is 17.2. The van der Waals surface area contributed by atoms with Gasteiger partial charge in [-0.1, -0.05) is 65.9 Å². The first-order chi connectivity index (χ1) is 23.1. The zero-order valence-corrected chi connectivity index (χ0v) is 30.1. The topological polar surface area (TPSA) is 143 Å². The molecule has 4 unspecified atom stereocenters. The monoisotopic (exact) mass is 672 g/mol. The molecule has 2 aromatic carbocycles. The predicted molar refractivity (Wildman–Crippen MR) is 186 cm³/mol. The SMILES string of the molecule is CCCCCOc1cc(C(C#N)(CCC(O)C(Cc2ccc(OC)c(OC)c2)[N+](=O)[O-])C(C)CC)c(OCCCCC)c(OC)c1OC. The molecule has 0 aliphatic rings. The smallest absolute Gasteiger partial charge is 0.242 e. The second-order valence-corrected chi connectivity index (χ2v) is 12.2. The van der Waals surface area contributed by atoms with Gasteiger partial charge in [0.25, 0.3) is 0 Å². The molecule has 0 radical (unpaired) electrons. The lowest BCUT2D eigenvalue weighted by Gasteiger charge is -2.36. The van der Waals surface area contributed by atoms with Gasteiger partial charge in [-0.25, -0.2) is 0 Å². The van der Waals surface area contributed by atoms with Crippen LogP contribution in [-0.4, -0.2) is 63.8 Å². The van der Waals surface area contributed by atoms with Crippen LogP contribution in [0.2, 0.25) is 0 Å². The van der Waals surface area contributed by atoms with Crippen LogP contribution in [0, 0.1) is 27.4 Å². The van der Waals surface area contributed by atoms with E-state index in [1.165, 1.54) is 28.4 Å². The summed E-state index contributed by atoms with van der Waals surface area (Å²) in [6.45, 7) is 9.05. The molecular weight excluding hydrogens is 616 g/mol. The summed E-state index contributed by atoms with van der Waals surface area (Å²) in [5.41, 5.74) is -0.0281. The van der Waals surface area contributed by atoms with Gasteiger partial charge in [0.1, 0.15) is 6.10 Å². The minimum absolute atomic E-state index is 0.00680. The molecule has 1 N–H and O–H groups in total. The first kappa shape index (κ1) is 40.3. The maximum absolute atomic E-state index is 12.3. The molecule has 0 saturated heterocycles. The molecule has 268 valence electrons. The Morgan fingerprint density at radius 2 is 1.48 bits per heavy atom. The minimum atomic E-state index is -1.34. The molecule has 4 atom stereocenters. The summed E-state index contributed by atoms with van der Waals surface area (Å²) >= 11 is 0. The molecule has 0 aromatic heterocycles. The van der Waals surface area contributed by atoms with Crippen LogP contribution < -0.4 is 28.4 Å². The van der Waals surface area contributed by atoms with Crippen LogP contribution in [-0.2, 0) is 11.8 Å². The lowest BCUT2D eigenvalue weighted by atomic mass is 9.67. The standard InChI is InChI=1S/C37H56N2O9/c1-9-12-14-20-47-33-24-28(34(48-21-15-13-10-2)36(46-8)35(33)45-7)37(25-38,26(4)11-3)19-18-30(40)29(39(41)42)22-27-16-17-31(43-5)32(23-27)44-6/h16-17,23-24,26,29-30,40H,9-15,18-22H2,1-8H3. The third-order valence-corrected chi connectivity index (χ3v) is 9.14. The average Bonchev–Trinajstić information content (AvgIpc) is 3.10. The fourth-order valence-electron chi connectivity index (χ4n) is 6.01. The van der Waals surface area contributed by atoms with E-state index in [0.717, 1.165) is 38.5 Å². The van der Waals surface area contributed by atoms with E-state index < -0.39 is 22.5 Å². The molecule has 0 heterocycles. The van der Waals surface area contributed by atoms with Crippen molar-refractivity contribution in [2.45, 2.75) is 109 Å². The summed E-state index contributed by atoms with van der Waals surface area (Å²) < 4.78 is 35.0. The highest BCUT2D eigenvalue weighted by atomic mass is 16.6. The molecule has 2 rings (SSSR count). The van der Waals surface area contributed by atoms with Gasteiger partial charge in [0.15, 0.2) is 23.0 Å². The van der Waals surface area contributed by atoms with Crippen molar-refractivity contribution in [2.75, 3.05) is 41.7 Å². The van der Waals surface area contributed by atoms with E-state index in [1.54, 1.807) is 24.3 Å². The number of hydrogen-bond acceptors (Lipinski definition) is 10. The summed E-state index contributed by atoms with van der Waals surface area (Å²) in [6.07, 6.45) is 5.03. The molecule has 0 saturated carbocycles. The van der Waals surface area contributed by atoms with Crippen molar-refractivity contribution in [1.82, 2.24) is 0 Å². The van der Waals surface area contributed by atoms with Crippen LogP contribution >= 0.6 is 0 Å². The van der Waals surface area contributed by atoms with Gasteiger partial charge in [0.2, 0.25) is 17.5 Å². The maximum atomic E-state index is 12.3. The number of aliphatic hydroxyl groups excluding tert-OH is 1. The van der Waals surface area contributed by atoms with Crippen molar-refractivity contribution in [1.29, 1.82) is 5.26 Å². The fraction of sp³-hybridized carbons (Fsp3) is 0.649. The average molecular weight is 673 g/mol. The number of nitrogens with zero attached hydrogens (tertiary/aromatic N) is 2. The van der Waals surface area contributed by atoms with Gasteiger partial charge >= 0.3 is 0 Å². The summed E-state index contributed by atoms with van der Waals surface area (Å²) in [7, 11) is 6.07. The van der Waals surface area contributed by atoms with Crippen LogP contribution in [0.15, 0.2) is 24.3 Å². The van der Waals surface area contributed by atoms with Crippen molar-refractivity contribution in [3.8, 4) is 40.6 Å². The number of unbranched alkanes of at least 4 members (excludes halogenated alkanes) is 4. The van der Waals surface area contributed by atoms with E-state index in [0.29, 0.717) is 65.3 Å². The largest absolute Gasteiger partial charge is 0.493 e. The Labute approximate surface area is 286 Å². The molecule has 0 amide bonds. The van der Waals surface area contributed by atoms with Crippen LogP contribution in [0.5, 0.6) is 34.5 Å². The molecule has 0 fully saturated rings. The van der Waals surface area contributed by atoms with Crippen LogP contribution in [0.1, 0.15) is 96.6 Å². The Morgan fingerprint density at radius 3 is 2.00 bits per heavy atom. The van der Waals surface area contributed by atoms with E-state index in [9.17, 15) is 20.5 Å². The van der Waals surface area contributed by atoms with Crippen LogP contribution in [0.25, 0.3) is 0 Å². The highest BCUT2D eigenvalue weighted by Gasteiger charge is 2.44. The lowest BCUT2D eigenvalue weighted by molar-refractivity contribution is -0.534. The van der Waals surface area contributed by atoms with Crippen molar-refractivity contribution in [2.24, 2.45) is 5.92 Å². The van der Waals surface area contributed by atoms with E-state index in [4.69, 9.17) is 28.4 Å². The van der Waals surface area contributed by atoms with Gasteiger partial charge in [-0.3, -0.25) is 10.1 Å². The number of nitro groups is 1. The van der Waals surface area contributed by atoms with Crippen molar-refractivity contribution < 1.29 is 38.5 Å². The summed E-state index contributed by atoms with van der Waals surface area (Å²) in [4.78, 5) is 11.8. The highest BCUT2D eigenvalue weighted by molar-refractivity contribution is 5.65. The third-order valence-electron chi connectivity index (χ3n) is 9.14. The van der Waals surface area contributed by atoms with Crippen molar-refractivity contribution >= 4 is 0 Å². The highest BCUT2D eigenvalue weighted by Crippen LogP contribution is 2.53. The van der Waals surface area contributed by atoms with E-state index in [2.05, 4.69) is 19.9 Å². The third kappa shape index (κ3) is 10.0. The number of rotatable bonds is 24. The zero-order valence-electron chi connectivity index (χ0n) is 30.1. The Balaban J connectivity index is 2.63. The predicted octanol–water partition coefficient (Wildman–Crippen LogP) is 7.70. The van der Waals surface area contributed by atoms with E-state index in [1.807, 2.05) is 13.8 Å². The van der Waals surface area contributed by atoms with Gasteiger partial charge in [0.05, 0.1) is 53.1 Å². The normalized spacial score (nSPS) is 14.2. The molecule has 2 aromatic rings. The minimum Gasteiger partial charge on any atom is -0.493 e. The summed E-state index contributed by atoms with van der Waals surface area (Å²) in [5.74, 6) is 2.25. The molecule has 0 spiro atoms. The molecule has 0 aliphatic carbocycles. The summed E-state index contributed by atoms with van der Waals surface area (Å²) in [5, 5.41) is 34.7. The molecular formula is C37H56N2O9. The number of ether oxygens (including phenoxy) is 6.